The van der Waals surface area contributed by atoms with E-state index in [1.54, 1.807) is 22.7 Å². The van der Waals surface area contributed by atoms with Gasteiger partial charge in [0.15, 0.2) is 15.0 Å². The van der Waals surface area contributed by atoms with Gasteiger partial charge in [0.25, 0.3) is 5.91 Å². The number of hydrogen-bond donors (Lipinski definition) is 2. The van der Waals surface area contributed by atoms with Crippen LogP contribution in [0, 0.1) is 0 Å². The van der Waals surface area contributed by atoms with Gasteiger partial charge in [0.05, 0.1) is 21.7 Å². The Bertz CT molecular complexity index is 1280. The molecule has 3 heterocycles. The zero-order valence-electron chi connectivity index (χ0n) is 18.7. The maximum Gasteiger partial charge on any atom is 0.253 e. The number of thiazole rings is 1. The third-order valence-corrected chi connectivity index (χ3v) is 9.47. The molecule has 0 spiro atoms. The van der Waals surface area contributed by atoms with E-state index in [0.29, 0.717) is 23.6 Å². The summed E-state index contributed by atoms with van der Waals surface area (Å²) in [6.45, 7) is 0.497. The van der Waals surface area contributed by atoms with Gasteiger partial charge >= 0.3 is 0 Å². The van der Waals surface area contributed by atoms with Crippen molar-refractivity contribution in [2.45, 2.75) is 36.2 Å². The highest BCUT2D eigenvalue weighted by molar-refractivity contribution is 7.98. The van der Waals surface area contributed by atoms with Crippen LogP contribution in [0.15, 0.2) is 35.5 Å². The first-order chi connectivity index (χ1) is 16.4. The highest BCUT2D eigenvalue weighted by Crippen LogP contribution is 2.31. The molecule has 0 radical (unpaired) electrons. The maximum absolute atomic E-state index is 12.8. The highest BCUT2D eigenvalue weighted by Gasteiger charge is 2.27. The smallest absolute Gasteiger partial charge is 0.253 e. The number of hydrogen-bond acceptors (Lipinski definition) is 10. The molecule has 1 amide bonds. The Balaban J connectivity index is 1.20. The topological polar surface area (TPSA) is 117 Å². The summed E-state index contributed by atoms with van der Waals surface area (Å²) in [5.41, 5.74) is 1.42. The molecule has 5 rings (SSSR count). The minimum Gasteiger partial charge on any atom is -0.359 e. The number of thioether (sulfide) groups is 1. The van der Waals surface area contributed by atoms with Crippen LogP contribution in [0.4, 0.5) is 11.1 Å². The number of sulfone groups is 1. The summed E-state index contributed by atoms with van der Waals surface area (Å²) in [6, 6.07) is 6.11. The van der Waals surface area contributed by atoms with E-state index < -0.39 is 9.84 Å². The molecule has 2 N–H and O–H groups in total. The summed E-state index contributed by atoms with van der Waals surface area (Å²) in [5.74, 6) is 0.591. The van der Waals surface area contributed by atoms with Crippen LogP contribution in [0.2, 0.25) is 0 Å². The molecule has 0 bridgehead atoms. The van der Waals surface area contributed by atoms with E-state index in [4.69, 9.17) is 4.98 Å². The summed E-state index contributed by atoms with van der Waals surface area (Å²) >= 11 is 3.16. The van der Waals surface area contributed by atoms with Crippen molar-refractivity contribution in [3.8, 4) is 0 Å². The molecule has 9 nitrogen and oxygen atoms in total. The van der Waals surface area contributed by atoms with Gasteiger partial charge in [-0.15, -0.1) is 11.8 Å². The number of anilines is 2. The van der Waals surface area contributed by atoms with E-state index in [1.165, 1.54) is 11.3 Å². The van der Waals surface area contributed by atoms with Crippen molar-refractivity contribution < 1.29 is 13.2 Å². The average Bonchev–Trinajstić information content (AvgIpc) is 3.44. The number of nitrogens with one attached hydrogen (secondary N) is 2. The van der Waals surface area contributed by atoms with Crippen LogP contribution in [-0.4, -0.2) is 77.1 Å². The van der Waals surface area contributed by atoms with Gasteiger partial charge in [-0.05, 0) is 43.7 Å². The Morgan fingerprint density at radius 1 is 1.12 bits per heavy atom. The Morgan fingerprint density at radius 2 is 1.82 bits per heavy atom. The zero-order chi connectivity index (χ0) is 23.7. The van der Waals surface area contributed by atoms with Gasteiger partial charge in [-0.1, -0.05) is 11.3 Å². The van der Waals surface area contributed by atoms with E-state index in [1.807, 2.05) is 30.8 Å². The van der Waals surface area contributed by atoms with Crippen molar-refractivity contribution in [3.05, 3.63) is 36.2 Å². The standard InChI is InChI=1S/C22H26N6O3S3/c1-32-17-12-23-21(24-13-17)25-15-3-4-16(11-15)26-22-27-18-5-2-14(10-19(18)33-22)20(29)28-6-8-34(30,31)9-7-28/h2,5,10,12-13,15-16H,3-4,6-9,11H2,1H3,(H,26,27)(H,23,24,25)/t15-,16-/m0/s1. The minimum absolute atomic E-state index is 0.0299. The molecule has 3 aromatic rings. The number of nitrogens with zero attached hydrogens (tertiary/aromatic N) is 4. The van der Waals surface area contributed by atoms with E-state index in [2.05, 4.69) is 20.6 Å². The van der Waals surface area contributed by atoms with Gasteiger partial charge in [0.1, 0.15) is 0 Å². The van der Waals surface area contributed by atoms with Gasteiger partial charge < -0.3 is 15.5 Å². The fourth-order valence-corrected chi connectivity index (χ4v) is 6.81. The molecule has 2 aliphatic rings. The molecule has 180 valence electrons. The maximum atomic E-state index is 12.8. The van der Waals surface area contributed by atoms with E-state index in [9.17, 15) is 13.2 Å². The van der Waals surface area contributed by atoms with Gasteiger partial charge in [-0.25, -0.2) is 23.4 Å². The van der Waals surface area contributed by atoms with Crippen LogP contribution < -0.4 is 10.6 Å². The Labute approximate surface area is 206 Å². The van der Waals surface area contributed by atoms with Crippen molar-refractivity contribution in [1.29, 1.82) is 0 Å². The van der Waals surface area contributed by atoms with Crippen LogP contribution in [0.5, 0.6) is 0 Å². The van der Waals surface area contributed by atoms with Crippen LogP contribution in [0.1, 0.15) is 29.6 Å². The molecule has 1 aromatic carbocycles. The molecule has 0 unspecified atom stereocenters. The number of carbonyl (C=O) groups is 1. The molecule has 1 aliphatic heterocycles. The molecule has 12 heteroatoms. The molecule has 2 fully saturated rings. The highest BCUT2D eigenvalue weighted by atomic mass is 32.2. The van der Waals surface area contributed by atoms with Gasteiger partial charge in [-0.3, -0.25) is 4.79 Å². The van der Waals surface area contributed by atoms with E-state index in [0.717, 1.165) is 39.5 Å². The second-order valence-electron chi connectivity index (χ2n) is 8.59. The Kier molecular flexibility index (Phi) is 6.63. The lowest BCUT2D eigenvalue weighted by Gasteiger charge is -2.26. The van der Waals surface area contributed by atoms with Gasteiger partial charge in [0.2, 0.25) is 5.95 Å². The third-order valence-electron chi connectivity index (χ3n) is 6.22. The number of carbonyl (C=O) groups excluding carboxylic acids is 1. The van der Waals surface area contributed by atoms with Crippen LogP contribution in [-0.2, 0) is 9.84 Å². The Morgan fingerprint density at radius 3 is 2.53 bits per heavy atom. The summed E-state index contributed by atoms with van der Waals surface area (Å²) in [7, 11) is -3.02. The second-order valence-corrected chi connectivity index (χ2v) is 12.8. The summed E-state index contributed by atoms with van der Waals surface area (Å²) in [4.78, 5) is 29.0. The summed E-state index contributed by atoms with van der Waals surface area (Å²) in [5, 5.41) is 7.81. The number of aromatic nitrogens is 3. The molecule has 2 aromatic heterocycles. The van der Waals surface area contributed by atoms with Gasteiger partial charge in [-0.2, -0.15) is 0 Å². The summed E-state index contributed by atoms with van der Waals surface area (Å²) < 4.78 is 24.2. The first-order valence-corrected chi connectivity index (χ1v) is 15.0. The number of benzene rings is 1. The van der Waals surface area contributed by atoms with E-state index >= 15 is 0 Å². The second kappa shape index (κ2) is 9.67. The summed E-state index contributed by atoms with van der Waals surface area (Å²) in [6.07, 6.45) is 8.67. The Hall–Kier alpha value is -2.44. The van der Waals surface area contributed by atoms with Crippen LogP contribution >= 0.6 is 23.1 Å². The monoisotopic (exact) mass is 518 g/mol. The lowest BCUT2D eigenvalue weighted by atomic mass is 10.2. The predicted molar refractivity (Wildman–Crippen MR) is 137 cm³/mol. The fourth-order valence-electron chi connectivity index (χ4n) is 4.31. The zero-order valence-corrected chi connectivity index (χ0v) is 21.2. The normalized spacial score (nSPS) is 22.1. The van der Waals surface area contributed by atoms with Crippen molar-refractivity contribution in [2.75, 3.05) is 41.5 Å². The molecular formula is C22H26N6O3S3. The minimum atomic E-state index is -3.02. The van der Waals surface area contributed by atoms with Crippen molar-refractivity contribution in [3.63, 3.8) is 0 Å². The molecule has 1 saturated carbocycles. The lowest BCUT2D eigenvalue weighted by Crippen LogP contribution is -2.43. The molecular weight excluding hydrogens is 492 g/mol. The first kappa shape index (κ1) is 23.3. The average molecular weight is 519 g/mol. The third kappa shape index (κ3) is 5.28. The quantitative estimate of drug-likeness (QED) is 0.475. The van der Waals surface area contributed by atoms with Gasteiger partial charge in [0, 0.05) is 48.0 Å². The molecule has 2 atom stereocenters. The predicted octanol–water partition coefficient (Wildman–Crippen LogP) is 3.12. The molecule has 34 heavy (non-hydrogen) atoms. The van der Waals surface area contributed by atoms with Crippen molar-refractivity contribution in [1.82, 2.24) is 19.9 Å². The van der Waals surface area contributed by atoms with E-state index in [-0.39, 0.29) is 30.5 Å². The van der Waals surface area contributed by atoms with Crippen molar-refractivity contribution >= 4 is 60.1 Å². The molecule has 1 aliphatic carbocycles. The first-order valence-electron chi connectivity index (χ1n) is 11.2. The number of amides is 1. The van der Waals surface area contributed by atoms with Crippen LogP contribution in [0.3, 0.4) is 0 Å². The number of rotatable bonds is 6. The largest absolute Gasteiger partial charge is 0.359 e. The fraction of sp³-hybridized carbons (Fsp3) is 0.455. The lowest BCUT2D eigenvalue weighted by molar-refractivity contribution is 0.0770. The number of fused-ring (bicyclic) bond motifs is 1. The SMILES string of the molecule is CSc1cnc(N[C@H]2CC[C@H](Nc3nc4ccc(C(=O)N5CCS(=O)(=O)CC5)cc4s3)C2)nc1. The molecule has 1 saturated heterocycles. The van der Waals surface area contributed by atoms with Crippen LogP contribution in [0.25, 0.3) is 10.2 Å². The van der Waals surface area contributed by atoms with Crippen molar-refractivity contribution in [2.24, 2.45) is 0 Å².